The van der Waals surface area contributed by atoms with Gasteiger partial charge in [0.05, 0.1) is 7.11 Å². The standard InChI is InChI=1S/C30H28N2O3S/c1-20-15-16-25(17-21(20)2)32-30(34)28(22-9-5-4-6-10-22)36-27-14-8-12-24(19-27)31-29(33)23-11-7-13-26(18-23)35-3/h4-19,28H,1-3H3,(H,31,33)(H,32,34). The maximum absolute atomic E-state index is 13.4. The number of carbonyl (C=O) groups excluding carboxylic acids is 2. The van der Waals surface area contributed by atoms with Crippen LogP contribution in [0.15, 0.2) is 102 Å². The zero-order valence-electron chi connectivity index (χ0n) is 20.4. The molecule has 2 N–H and O–H groups in total. The molecular formula is C30H28N2O3S. The van der Waals surface area contributed by atoms with Gasteiger partial charge in [0.1, 0.15) is 11.0 Å². The molecule has 0 bridgehead atoms. The number of amides is 2. The average Bonchev–Trinajstić information content (AvgIpc) is 2.90. The molecule has 0 aliphatic carbocycles. The molecule has 0 aliphatic rings. The zero-order chi connectivity index (χ0) is 25.5. The van der Waals surface area contributed by atoms with Crippen LogP contribution >= 0.6 is 11.8 Å². The van der Waals surface area contributed by atoms with Crippen molar-refractivity contribution >= 4 is 35.0 Å². The molecule has 2 amide bonds. The number of anilines is 2. The van der Waals surface area contributed by atoms with Crippen LogP contribution in [-0.2, 0) is 4.79 Å². The van der Waals surface area contributed by atoms with E-state index >= 15 is 0 Å². The van der Waals surface area contributed by atoms with Crippen LogP contribution in [-0.4, -0.2) is 18.9 Å². The summed E-state index contributed by atoms with van der Waals surface area (Å²) in [6, 6.07) is 30.1. The molecule has 0 saturated heterocycles. The number of hydrogen-bond acceptors (Lipinski definition) is 4. The number of rotatable bonds is 8. The van der Waals surface area contributed by atoms with Crippen molar-refractivity contribution in [2.45, 2.75) is 24.0 Å². The highest BCUT2D eigenvalue weighted by Crippen LogP contribution is 2.37. The summed E-state index contributed by atoms with van der Waals surface area (Å²) in [4.78, 5) is 27.0. The highest BCUT2D eigenvalue weighted by atomic mass is 32.2. The van der Waals surface area contributed by atoms with E-state index in [-0.39, 0.29) is 11.8 Å². The van der Waals surface area contributed by atoms with E-state index < -0.39 is 5.25 Å². The van der Waals surface area contributed by atoms with Gasteiger partial charge in [0, 0.05) is 21.8 Å². The summed E-state index contributed by atoms with van der Waals surface area (Å²) in [6.07, 6.45) is 0. The molecule has 0 spiro atoms. The predicted molar refractivity (Wildman–Crippen MR) is 147 cm³/mol. The van der Waals surface area contributed by atoms with Crippen LogP contribution in [0.2, 0.25) is 0 Å². The monoisotopic (exact) mass is 496 g/mol. The molecule has 4 aromatic rings. The molecule has 0 radical (unpaired) electrons. The highest BCUT2D eigenvalue weighted by Gasteiger charge is 2.22. The average molecular weight is 497 g/mol. The maximum Gasteiger partial charge on any atom is 0.255 e. The first kappa shape index (κ1) is 25.1. The number of aryl methyl sites for hydroxylation is 2. The summed E-state index contributed by atoms with van der Waals surface area (Å²) in [6.45, 7) is 4.07. The van der Waals surface area contributed by atoms with Gasteiger partial charge in [0.25, 0.3) is 5.91 Å². The van der Waals surface area contributed by atoms with Gasteiger partial charge in [-0.3, -0.25) is 9.59 Å². The van der Waals surface area contributed by atoms with Crippen molar-refractivity contribution in [2.75, 3.05) is 17.7 Å². The van der Waals surface area contributed by atoms with Crippen LogP contribution < -0.4 is 15.4 Å². The lowest BCUT2D eigenvalue weighted by atomic mass is 10.1. The van der Waals surface area contributed by atoms with Gasteiger partial charge in [0.2, 0.25) is 5.91 Å². The number of hydrogen-bond donors (Lipinski definition) is 2. The third-order valence-electron chi connectivity index (χ3n) is 5.79. The van der Waals surface area contributed by atoms with Crippen molar-refractivity contribution in [1.82, 2.24) is 0 Å². The van der Waals surface area contributed by atoms with Crippen molar-refractivity contribution in [2.24, 2.45) is 0 Å². The third-order valence-corrected chi connectivity index (χ3v) is 7.04. The molecular weight excluding hydrogens is 468 g/mol. The Morgan fingerprint density at radius 3 is 2.25 bits per heavy atom. The molecule has 0 fully saturated rings. The Bertz CT molecular complexity index is 1370. The van der Waals surface area contributed by atoms with Gasteiger partial charge in [-0.15, -0.1) is 11.8 Å². The van der Waals surface area contributed by atoms with Crippen LogP contribution in [0.5, 0.6) is 5.75 Å². The molecule has 182 valence electrons. The van der Waals surface area contributed by atoms with Crippen LogP contribution in [0.3, 0.4) is 0 Å². The van der Waals surface area contributed by atoms with E-state index in [0.717, 1.165) is 21.7 Å². The number of thioether (sulfide) groups is 1. The van der Waals surface area contributed by atoms with Crippen LogP contribution in [0.1, 0.15) is 32.3 Å². The van der Waals surface area contributed by atoms with Crippen molar-refractivity contribution < 1.29 is 14.3 Å². The van der Waals surface area contributed by atoms with E-state index in [2.05, 4.69) is 10.6 Å². The molecule has 1 atom stereocenters. The van der Waals surface area contributed by atoms with E-state index in [9.17, 15) is 9.59 Å². The summed E-state index contributed by atoms with van der Waals surface area (Å²) >= 11 is 1.44. The molecule has 5 nitrogen and oxygen atoms in total. The second-order valence-corrected chi connectivity index (χ2v) is 9.59. The SMILES string of the molecule is COc1cccc(C(=O)Nc2cccc(SC(C(=O)Nc3ccc(C)c(C)c3)c3ccccc3)c2)c1. The minimum atomic E-state index is -0.475. The summed E-state index contributed by atoms with van der Waals surface area (Å²) < 4.78 is 5.22. The Morgan fingerprint density at radius 1 is 0.750 bits per heavy atom. The topological polar surface area (TPSA) is 67.4 Å². The Balaban J connectivity index is 1.54. The van der Waals surface area contributed by atoms with Gasteiger partial charge in [-0.2, -0.15) is 0 Å². The molecule has 1 unspecified atom stereocenters. The Hall–Kier alpha value is -4.03. The van der Waals surface area contributed by atoms with E-state index in [1.165, 1.54) is 17.3 Å². The fourth-order valence-corrected chi connectivity index (χ4v) is 4.76. The Morgan fingerprint density at radius 2 is 1.50 bits per heavy atom. The molecule has 6 heteroatoms. The molecule has 36 heavy (non-hydrogen) atoms. The van der Waals surface area contributed by atoms with E-state index in [0.29, 0.717) is 17.0 Å². The first-order valence-corrected chi connectivity index (χ1v) is 12.5. The Labute approximate surface area is 215 Å². The second-order valence-electron chi connectivity index (χ2n) is 8.41. The number of methoxy groups -OCH3 is 1. The number of ether oxygens (including phenoxy) is 1. The quantitative estimate of drug-likeness (QED) is 0.257. The van der Waals surface area contributed by atoms with Crippen molar-refractivity contribution in [1.29, 1.82) is 0 Å². The smallest absolute Gasteiger partial charge is 0.255 e. The third kappa shape index (κ3) is 6.34. The van der Waals surface area contributed by atoms with Crippen molar-refractivity contribution in [3.05, 3.63) is 119 Å². The van der Waals surface area contributed by atoms with Crippen LogP contribution in [0.4, 0.5) is 11.4 Å². The lowest BCUT2D eigenvalue weighted by Gasteiger charge is -2.18. The summed E-state index contributed by atoms with van der Waals surface area (Å²) in [5.74, 6) is 0.274. The van der Waals surface area contributed by atoms with Crippen LogP contribution in [0, 0.1) is 13.8 Å². The molecule has 0 aromatic heterocycles. The molecule has 4 aromatic carbocycles. The molecule has 0 saturated carbocycles. The van der Waals surface area contributed by atoms with Gasteiger partial charge in [0.15, 0.2) is 0 Å². The first-order valence-electron chi connectivity index (χ1n) is 11.6. The Kier molecular flexibility index (Phi) is 8.08. The van der Waals surface area contributed by atoms with Gasteiger partial charge in [-0.05, 0) is 79.1 Å². The maximum atomic E-state index is 13.4. The van der Waals surface area contributed by atoms with Crippen LogP contribution in [0.25, 0.3) is 0 Å². The van der Waals surface area contributed by atoms with Gasteiger partial charge < -0.3 is 15.4 Å². The number of carbonyl (C=O) groups is 2. The van der Waals surface area contributed by atoms with Gasteiger partial charge in [-0.25, -0.2) is 0 Å². The molecule has 4 rings (SSSR count). The second kappa shape index (κ2) is 11.6. The largest absolute Gasteiger partial charge is 0.497 e. The normalized spacial score (nSPS) is 11.4. The lowest BCUT2D eigenvalue weighted by molar-refractivity contribution is -0.115. The minimum absolute atomic E-state index is 0.111. The summed E-state index contributed by atoms with van der Waals surface area (Å²) in [5, 5.41) is 5.53. The van der Waals surface area contributed by atoms with Gasteiger partial charge in [-0.1, -0.05) is 48.5 Å². The molecule has 0 heterocycles. The van der Waals surface area contributed by atoms with Crippen molar-refractivity contribution in [3.8, 4) is 5.75 Å². The van der Waals surface area contributed by atoms with E-state index in [1.807, 2.05) is 86.6 Å². The summed E-state index contributed by atoms with van der Waals surface area (Å²) in [5.41, 5.74) is 5.11. The van der Waals surface area contributed by atoms with Crippen molar-refractivity contribution in [3.63, 3.8) is 0 Å². The zero-order valence-corrected chi connectivity index (χ0v) is 21.3. The molecule has 0 aliphatic heterocycles. The fraction of sp³-hybridized carbons (Fsp3) is 0.133. The minimum Gasteiger partial charge on any atom is -0.497 e. The predicted octanol–water partition coefficient (Wildman–Crippen LogP) is 7.04. The number of benzene rings is 4. The fourth-order valence-electron chi connectivity index (χ4n) is 3.68. The highest BCUT2D eigenvalue weighted by molar-refractivity contribution is 8.00. The number of nitrogens with one attached hydrogen (secondary N) is 2. The van der Waals surface area contributed by atoms with Gasteiger partial charge >= 0.3 is 0 Å². The lowest BCUT2D eigenvalue weighted by Crippen LogP contribution is -2.19. The van der Waals surface area contributed by atoms with E-state index in [1.54, 1.807) is 31.4 Å². The summed E-state index contributed by atoms with van der Waals surface area (Å²) in [7, 11) is 1.57. The first-order chi connectivity index (χ1) is 17.4. The van der Waals surface area contributed by atoms with E-state index in [4.69, 9.17) is 4.74 Å².